The summed E-state index contributed by atoms with van der Waals surface area (Å²) < 4.78 is 5.13. The van der Waals surface area contributed by atoms with Crippen molar-refractivity contribution in [3.05, 3.63) is 52.2 Å². The van der Waals surface area contributed by atoms with Crippen LogP contribution in [0.1, 0.15) is 21.7 Å². The first-order chi connectivity index (χ1) is 10.7. The van der Waals surface area contributed by atoms with Gasteiger partial charge in [-0.1, -0.05) is 18.2 Å². The fraction of sp³-hybridized carbons (Fsp3) is 0.250. The van der Waals surface area contributed by atoms with Crippen LogP contribution in [0.4, 0.5) is 0 Å². The first-order valence-corrected chi connectivity index (χ1v) is 7.78. The molecular weight excluding hydrogens is 300 g/mol. The molecule has 6 heteroatoms. The van der Waals surface area contributed by atoms with Crippen molar-refractivity contribution in [1.29, 1.82) is 0 Å². The Bertz CT molecular complexity index is 626. The van der Waals surface area contributed by atoms with E-state index in [9.17, 15) is 9.59 Å². The third-order valence-electron chi connectivity index (χ3n) is 3.01. The molecule has 0 unspecified atom stereocenters. The molecule has 1 aromatic heterocycles. The van der Waals surface area contributed by atoms with Crippen LogP contribution < -0.4 is 15.4 Å². The van der Waals surface area contributed by atoms with Gasteiger partial charge in [0, 0.05) is 19.5 Å². The number of amides is 2. The first kappa shape index (κ1) is 16.0. The lowest BCUT2D eigenvalue weighted by atomic mass is 10.2. The molecule has 2 amide bonds. The van der Waals surface area contributed by atoms with Gasteiger partial charge < -0.3 is 15.4 Å². The summed E-state index contributed by atoms with van der Waals surface area (Å²) in [6, 6.07) is 11.1. The van der Waals surface area contributed by atoms with Crippen molar-refractivity contribution in [2.24, 2.45) is 0 Å². The highest BCUT2D eigenvalue weighted by Gasteiger charge is 2.07. The number of hydrogen-bond donors (Lipinski definition) is 2. The van der Waals surface area contributed by atoms with Gasteiger partial charge in [-0.25, -0.2) is 0 Å². The second-order valence-corrected chi connectivity index (χ2v) is 5.56. The molecule has 1 aromatic carbocycles. The van der Waals surface area contributed by atoms with E-state index in [1.54, 1.807) is 13.2 Å². The fourth-order valence-electron chi connectivity index (χ4n) is 1.86. The second-order valence-electron chi connectivity index (χ2n) is 4.61. The Morgan fingerprint density at radius 1 is 1.18 bits per heavy atom. The van der Waals surface area contributed by atoms with E-state index < -0.39 is 0 Å². The molecule has 0 fully saturated rings. The van der Waals surface area contributed by atoms with Crippen LogP contribution in [0.5, 0.6) is 5.75 Å². The molecular formula is C16H18N2O3S. The number of methoxy groups -OCH3 is 1. The molecule has 1 heterocycles. The quantitative estimate of drug-likeness (QED) is 0.822. The normalized spacial score (nSPS) is 10.0. The molecule has 0 aliphatic rings. The molecule has 0 aliphatic heterocycles. The van der Waals surface area contributed by atoms with Crippen LogP contribution in [0.15, 0.2) is 41.8 Å². The second kappa shape index (κ2) is 8.19. The summed E-state index contributed by atoms with van der Waals surface area (Å²) in [6.45, 7) is 0.760. The van der Waals surface area contributed by atoms with E-state index in [1.165, 1.54) is 11.3 Å². The molecule has 0 aliphatic carbocycles. The Kier molecular flexibility index (Phi) is 5.97. The van der Waals surface area contributed by atoms with E-state index in [0.717, 1.165) is 11.3 Å². The largest absolute Gasteiger partial charge is 0.497 e. The highest BCUT2D eigenvalue weighted by molar-refractivity contribution is 7.12. The summed E-state index contributed by atoms with van der Waals surface area (Å²) in [5.41, 5.74) is 0.968. The third kappa shape index (κ3) is 4.89. The van der Waals surface area contributed by atoms with Gasteiger partial charge in [0.1, 0.15) is 5.75 Å². The molecule has 0 atom stereocenters. The predicted molar refractivity (Wildman–Crippen MR) is 86.1 cm³/mol. The number of carbonyl (C=O) groups excluding carboxylic acids is 2. The number of benzene rings is 1. The molecule has 2 aromatic rings. The van der Waals surface area contributed by atoms with E-state index in [-0.39, 0.29) is 18.2 Å². The van der Waals surface area contributed by atoms with Gasteiger partial charge in [0.15, 0.2) is 0 Å². The van der Waals surface area contributed by atoms with Crippen LogP contribution in [-0.2, 0) is 11.3 Å². The topological polar surface area (TPSA) is 67.4 Å². The molecule has 0 bridgehead atoms. The highest BCUT2D eigenvalue weighted by Crippen LogP contribution is 2.12. The van der Waals surface area contributed by atoms with E-state index in [1.807, 2.05) is 35.7 Å². The number of carbonyl (C=O) groups is 2. The fourth-order valence-corrected chi connectivity index (χ4v) is 2.50. The van der Waals surface area contributed by atoms with Crippen molar-refractivity contribution < 1.29 is 14.3 Å². The minimum absolute atomic E-state index is 0.103. The average Bonchev–Trinajstić information content (AvgIpc) is 3.07. The lowest BCUT2D eigenvalue weighted by molar-refractivity contribution is -0.121. The van der Waals surface area contributed by atoms with E-state index in [2.05, 4.69) is 10.6 Å². The minimum Gasteiger partial charge on any atom is -0.497 e. The van der Waals surface area contributed by atoms with Gasteiger partial charge in [-0.3, -0.25) is 9.59 Å². The van der Waals surface area contributed by atoms with Crippen molar-refractivity contribution in [2.45, 2.75) is 13.0 Å². The lowest BCUT2D eigenvalue weighted by Crippen LogP contribution is -2.30. The van der Waals surface area contributed by atoms with Crippen LogP contribution in [0.25, 0.3) is 0 Å². The predicted octanol–water partition coefficient (Wildman–Crippen LogP) is 2.19. The van der Waals surface area contributed by atoms with Crippen LogP contribution >= 0.6 is 11.3 Å². The summed E-state index contributed by atoms with van der Waals surface area (Å²) >= 11 is 1.38. The number of rotatable bonds is 7. The zero-order valence-electron chi connectivity index (χ0n) is 12.3. The average molecular weight is 318 g/mol. The maximum Gasteiger partial charge on any atom is 0.261 e. The number of hydrogen-bond acceptors (Lipinski definition) is 4. The van der Waals surface area contributed by atoms with Crippen LogP contribution in [0, 0.1) is 0 Å². The van der Waals surface area contributed by atoms with Crippen molar-refractivity contribution in [2.75, 3.05) is 13.7 Å². The molecule has 5 nitrogen and oxygen atoms in total. The summed E-state index contributed by atoms with van der Waals surface area (Å²) in [6.07, 6.45) is 0.251. The zero-order chi connectivity index (χ0) is 15.8. The van der Waals surface area contributed by atoms with Crippen molar-refractivity contribution in [3.63, 3.8) is 0 Å². The summed E-state index contributed by atoms with van der Waals surface area (Å²) in [5, 5.41) is 7.38. The first-order valence-electron chi connectivity index (χ1n) is 6.90. The maximum atomic E-state index is 11.7. The lowest BCUT2D eigenvalue weighted by Gasteiger charge is -2.07. The van der Waals surface area contributed by atoms with E-state index >= 15 is 0 Å². The molecule has 0 saturated heterocycles. The number of nitrogens with one attached hydrogen (secondary N) is 2. The van der Waals surface area contributed by atoms with Gasteiger partial charge in [-0.05, 0) is 29.1 Å². The standard InChI is InChI=1S/C16H18N2O3S/c1-21-13-5-2-4-12(10-13)11-18-15(19)7-8-17-16(20)14-6-3-9-22-14/h2-6,9-10H,7-8,11H2,1H3,(H,17,20)(H,18,19). The van der Waals surface area contributed by atoms with Crippen LogP contribution in [-0.4, -0.2) is 25.5 Å². The molecule has 2 N–H and O–H groups in total. The van der Waals surface area contributed by atoms with E-state index in [0.29, 0.717) is 18.0 Å². The van der Waals surface area contributed by atoms with Gasteiger partial charge >= 0.3 is 0 Å². The Balaban J connectivity index is 1.68. The molecule has 22 heavy (non-hydrogen) atoms. The maximum absolute atomic E-state index is 11.7. The van der Waals surface area contributed by atoms with E-state index in [4.69, 9.17) is 4.74 Å². The zero-order valence-corrected chi connectivity index (χ0v) is 13.1. The molecule has 116 valence electrons. The Morgan fingerprint density at radius 2 is 2.05 bits per heavy atom. The van der Waals surface area contributed by atoms with Crippen molar-refractivity contribution in [3.8, 4) is 5.75 Å². The Morgan fingerprint density at radius 3 is 2.77 bits per heavy atom. The summed E-state index contributed by atoms with van der Waals surface area (Å²) in [5.74, 6) is 0.514. The summed E-state index contributed by atoms with van der Waals surface area (Å²) in [4.78, 5) is 24.1. The SMILES string of the molecule is COc1cccc(CNC(=O)CCNC(=O)c2cccs2)c1. The Hall–Kier alpha value is -2.34. The molecule has 0 radical (unpaired) electrons. The number of ether oxygens (including phenoxy) is 1. The van der Waals surface area contributed by atoms with Gasteiger partial charge in [-0.2, -0.15) is 0 Å². The molecule has 0 saturated carbocycles. The Labute approximate surface area is 133 Å². The van der Waals surface area contributed by atoms with Gasteiger partial charge in [0.2, 0.25) is 5.91 Å². The highest BCUT2D eigenvalue weighted by atomic mass is 32.1. The van der Waals surface area contributed by atoms with Crippen LogP contribution in [0.3, 0.4) is 0 Å². The van der Waals surface area contributed by atoms with Crippen molar-refractivity contribution in [1.82, 2.24) is 10.6 Å². The van der Waals surface area contributed by atoms with Crippen LogP contribution in [0.2, 0.25) is 0 Å². The van der Waals surface area contributed by atoms with Crippen molar-refractivity contribution >= 4 is 23.2 Å². The van der Waals surface area contributed by atoms with Gasteiger partial charge in [-0.15, -0.1) is 11.3 Å². The van der Waals surface area contributed by atoms with Gasteiger partial charge in [0.05, 0.1) is 12.0 Å². The van der Waals surface area contributed by atoms with Gasteiger partial charge in [0.25, 0.3) is 5.91 Å². The third-order valence-corrected chi connectivity index (χ3v) is 3.88. The smallest absolute Gasteiger partial charge is 0.261 e. The summed E-state index contributed by atoms with van der Waals surface area (Å²) in [7, 11) is 1.61. The number of thiophene rings is 1. The molecule has 0 spiro atoms. The minimum atomic E-state index is -0.143. The molecule has 2 rings (SSSR count). The monoisotopic (exact) mass is 318 g/mol.